The molecule has 0 saturated heterocycles. The molecule has 0 spiro atoms. The summed E-state index contributed by atoms with van der Waals surface area (Å²) in [6, 6.07) is 3.12. The molecular formula is C9H9BrN2O3S2. The molecule has 2 aromatic heterocycles. The molecule has 0 bridgehead atoms. The van der Waals surface area contributed by atoms with E-state index >= 15 is 0 Å². The zero-order valence-corrected chi connectivity index (χ0v) is 12.2. The fraction of sp³-hybridized carbons (Fsp3) is 0.222. The molecule has 0 amide bonds. The Morgan fingerprint density at radius 2 is 2.12 bits per heavy atom. The normalized spacial score (nSPS) is 11.7. The molecule has 0 radical (unpaired) electrons. The van der Waals surface area contributed by atoms with E-state index in [2.05, 4.69) is 25.8 Å². The minimum atomic E-state index is -3.59. The molecule has 8 heteroatoms. The van der Waals surface area contributed by atoms with Gasteiger partial charge in [-0.15, -0.1) is 11.3 Å². The SMILES string of the molecule is Cc1cc(NS(=O)(=O)c2cc(C)c(Br)s2)no1. The molecule has 2 rings (SSSR count). The van der Waals surface area contributed by atoms with Gasteiger partial charge in [0.1, 0.15) is 9.97 Å². The number of nitrogens with one attached hydrogen (secondary N) is 1. The molecule has 0 aromatic carbocycles. The van der Waals surface area contributed by atoms with Crippen molar-refractivity contribution in [1.29, 1.82) is 0 Å². The largest absolute Gasteiger partial charge is 0.360 e. The number of hydrogen-bond acceptors (Lipinski definition) is 5. The van der Waals surface area contributed by atoms with E-state index in [0.29, 0.717) is 5.76 Å². The second-order valence-corrected chi connectivity index (χ2v) is 7.73. The first-order chi connectivity index (χ1) is 7.88. The van der Waals surface area contributed by atoms with Crippen molar-refractivity contribution in [3.8, 4) is 0 Å². The molecule has 0 atom stereocenters. The van der Waals surface area contributed by atoms with E-state index in [1.807, 2.05) is 6.92 Å². The summed E-state index contributed by atoms with van der Waals surface area (Å²) in [7, 11) is -3.59. The predicted molar refractivity (Wildman–Crippen MR) is 68.8 cm³/mol. The van der Waals surface area contributed by atoms with Crippen LogP contribution in [0.3, 0.4) is 0 Å². The number of aryl methyl sites for hydroxylation is 2. The highest BCUT2D eigenvalue weighted by molar-refractivity contribution is 9.11. The van der Waals surface area contributed by atoms with Crippen LogP contribution in [0.25, 0.3) is 0 Å². The zero-order valence-electron chi connectivity index (χ0n) is 9.02. The van der Waals surface area contributed by atoms with Crippen LogP contribution in [0.15, 0.2) is 24.7 Å². The van der Waals surface area contributed by atoms with Crippen molar-refractivity contribution < 1.29 is 12.9 Å². The number of sulfonamides is 1. The highest BCUT2D eigenvalue weighted by atomic mass is 79.9. The van der Waals surface area contributed by atoms with Crippen LogP contribution in [0.4, 0.5) is 5.82 Å². The van der Waals surface area contributed by atoms with Crippen molar-refractivity contribution in [2.45, 2.75) is 18.1 Å². The molecule has 0 saturated carbocycles. The fourth-order valence-corrected chi connectivity index (χ4v) is 4.38. The second-order valence-electron chi connectivity index (χ2n) is 3.45. The van der Waals surface area contributed by atoms with Crippen LogP contribution >= 0.6 is 27.3 Å². The van der Waals surface area contributed by atoms with Gasteiger partial charge < -0.3 is 4.52 Å². The van der Waals surface area contributed by atoms with Crippen LogP contribution < -0.4 is 4.72 Å². The van der Waals surface area contributed by atoms with Gasteiger partial charge in [-0.25, -0.2) is 8.42 Å². The number of hydrogen-bond donors (Lipinski definition) is 1. The molecule has 0 aliphatic rings. The summed E-state index contributed by atoms with van der Waals surface area (Å²) in [4.78, 5) is 0. The van der Waals surface area contributed by atoms with E-state index in [1.54, 1.807) is 13.0 Å². The monoisotopic (exact) mass is 336 g/mol. The molecule has 0 unspecified atom stereocenters. The van der Waals surface area contributed by atoms with Crippen LogP contribution in [0.2, 0.25) is 0 Å². The van der Waals surface area contributed by atoms with Crippen molar-refractivity contribution in [3.05, 3.63) is 27.2 Å². The van der Waals surface area contributed by atoms with E-state index in [1.165, 1.54) is 6.07 Å². The smallest absolute Gasteiger partial charge is 0.272 e. The van der Waals surface area contributed by atoms with Gasteiger partial charge in [0.15, 0.2) is 5.82 Å². The molecular weight excluding hydrogens is 328 g/mol. The Balaban J connectivity index is 2.31. The Bertz CT molecular complexity index is 626. The summed E-state index contributed by atoms with van der Waals surface area (Å²) in [5.41, 5.74) is 0.881. The third kappa shape index (κ3) is 2.70. The predicted octanol–water partition coefficient (Wildman–Crippen LogP) is 2.92. The lowest BCUT2D eigenvalue weighted by Crippen LogP contribution is -2.11. The van der Waals surface area contributed by atoms with Crippen LogP contribution in [0.5, 0.6) is 0 Å². The van der Waals surface area contributed by atoms with Crippen LogP contribution in [-0.4, -0.2) is 13.6 Å². The second kappa shape index (κ2) is 4.43. The van der Waals surface area contributed by atoms with Crippen molar-refractivity contribution >= 4 is 43.1 Å². The number of aromatic nitrogens is 1. The number of halogens is 1. The van der Waals surface area contributed by atoms with Gasteiger partial charge in [-0.3, -0.25) is 4.72 Å². The standard InChI is InChI=1S/C9H9BrN2O3S2/c1-5-3-8(16-9(5)10)17(13,14)12-7-4-6(2)15-11-7/h3-4H,1-2H3,(H,11,12). The van der Waals surface area contributed by atoms with Gasteiger partial charge in [-0.2, -0.15) is 0 Å². The molecule has 5 nitrogen and oxygen atoms in total. The van der Waals surface area contributed by atoms with Gasteiger partial charge in [-0.1, -0.05) is 5.16 Å². The Labute approximate surface area is 111 Å². The lowest BCUT2D eigenvalue weighted by molar-refractivity contribution is 0.400. The molecule has 2 heterocycles. The highest BCUT2D eigenvalue weighted by Crippen LogP contribution is 2.31. The van der Waals surface area contributed by atoms with Crippen LogP contribution in [0, 0.1) is 13.8 Å². The molecule has 0 aliphatic heterocycles. The number of thiophene rings is 1. The maximum atomic E-state index is 12.0. The average molecular weight is 337 g/mol. The topological polar surface area (TPSA) is 72.2 Å². The van der Waals surface area contributed by atoms with Crippen molar-refractivity contribution in [1.82, 2.24) is 5.16 Å². The summed E-state index contributed by atoms with van der Waals surface area (Å²) in [6.07, 6.45) is 0. The van der Waals surface area contributed by atoms with Crippen molar-refractivity contribution in [2.24, 2.45) is 0 Å². The van der Waals surface area contributed by atoms with Crippen molar-refractivity contribution in [2.75, 3.05) is 4.72 Å². The number of rotatable bonds is 3. The minimum absolute atomic E-state index is 0.185. The molecule has 17 heavy (non-hydrogen) atoms. The first-order valence-electron chi connectivity index (χ1n) is 4.60. The Hall–Kier alpha value is -0.860. The van der Waals surface area contributed by atoms with Crippen LogP contribution in [-0.2, 0) is 10.0 Å². The van der Waals surface area contributed by atoms with E-state index in [-0.39, 0.29) is 10.0 Å². The van der Waals surface area contributed by atoms with Gasteiger partial charge >= 0.3 is 0 Å². The van der Waals surface area contributed by atoms with E-state index in [9.17, 15) is 8.42 Å². The molecule has 2 aromatic rings. The zero-order chi connectivity index (χ0) is 12.6. The van der Waals surface area contributed by atoms with Crippen LogP contribution in [0.1, 0.15) is 11.3 Å². The number of nitrogens with zero attached hydrogens (tertiary/aromatic N) is 1. The maximum absolute atomic E-state index is 12.0. The Kier molecular flexibility index (Phi) is 3.28. The minimum Gasteiger partial charge on any atom is -0.360 e. The van der Waals surface area contributed by atoms with Gasteiger partial charge in [0.2, 0.25) is 0 Å². The number of anilines is 1. The summed E-state index contributed by atoms with van der Waals surface area (Å²) in [6.45, 7) is 3.52. The Morgan fingerprint density at radius 3 is 2.59 bits per heavy atom. The highest BCUT2D eigenvalue weighted by Gasteiger charge is 2.19. The summed E-state index contributed by atoms with van der Waals surface area (Å²) in [5.74, 6) is 0.732. The third-order valence-electron chi connectivity index (χ3n) is 1.97. The van der Waals surface area contributed by atoms with E-state index < -0.39 is 10.0 Å². The van der Waals surface area contributed by atoms with E-state index in [0.717, 1.165) is 20.7 Å². The first-order valence-corrected chi connectivity index (χ1v) is 7.70. The third-order valence-corrected chi connectivity index (χ3v) is 5.93. The molecule has 92 valence electrons. The summed E-state index contributed by atoms with van der Waals surface area (Å²) in [5, 5.41) is 3.58. The summed E-state index contributed by atoms with van der Waals surface area (Å²) < 4.78 is 32.1. The lowest BCUT2D eigenvalue weighted by atomic mass is 10.4. The lowest BCUT2D eigenvalue weighted by Gasteiger charge is -2.00. The van der Waals surface area contributed by atoms with Gasteiger partial charge in [0, 0.05) is 6.07 Å². The average Bonchev–Trinajstić information content (AvgIpc) is 2.75. The van der Waals surface area contributed by atoms with E-state index in [4.69, 9.17) is 4.52 Å². The summed E-state index contributed by atoms with van der Waals surface area (Å²) >= 11 is 4.45. The maximum Gasteiger partial charge on any atom is 0.272 e. The molecule has 0 fully saturated rings. The molecule has 0 aliphatic carbocycles. The Morgan fingerprint density at radius 1 is 1.41 bits per heavy atom. The van der Waals surface area contributed by atoms with Gasteiger partial charge in [-0.05, 0) is 41.4 Å². The first kappa shape index (κ1) is 12.6. The fourth-order valence-electron chi connectivity index (χ4n) is 1.17. The van der Waals surface area contributed by atoms with Gasteiger partial charge in [0.25, 0.3) is 10.0 Å². The quantitative estimate of drug-likeness (QED) is 0.935. The van der Waals surface area contributed by atoms with Gasteiger partial charge in [0.05, 0.1) is 3.79 Å². The molecule has 1 N–H and O–H groups in total. The van der Waals surface area contributed by atoms with Crippen molar-refractivity contribution in [3.63, 3.8) is 0 Å².